The van der Waals surface area contributed by atoms with Gasteiger partial charge in [0.2, 0.25) is 0 Å². The van der Waals surface area contributed by atoms with Gasteiger partial charge < -0.3 is 10.1 Å². The number of ether oxygens (including phenoxy) is 1. The van der Waals surface area contributed by atoms with Crippen LogP contribution in [0.5, 0.6) is 5.75 Å². The fourth-order valence-electron chi connectivity index (χ4n) is 2.23. The van der Waals surface area contributed by atoms with Crippen LogP contribution in [0.15, 0.2) is 42.5 Å². The van der Waals surface area contributed by atoms with Crippen LogP contribution in [0.3, 0.4) is 0 Å². The lowest BCUT2D eigenvalue weighted by Gasteiger charge is -2.12. The number of methoxy groups -OCH3 is 1. The summed E-state index contributed by atoms with van der Waals surface area (Å²) in [6.07, 6.45) is 1.01. The topological polar surface area (TPSA) is 21.3 Å². The van der Waals surface area contributed by atoms with E-state index in [1.54, 1.807) is 7.11 Å². The average molecular weight is 290 g/mol. The van der Waals surface area contributed by atoms with Crippen molar-refractivity contribution in [3.8, 4) is 5.75 Å². The van der Waals surface area contributed by atoms with Crippen LogP contribution in [0.1, 0.15) is 16.7 Å². The van der Waals surface area contributed by atoms with E-state index in [0.717, 1.165) is 29.3 Å². The first-order chi connectivity index (χ1) is 9.72. The molecule has 0 heterocycles. The minimum atomic E-state index is 0.717. The summed E-state index contributed by atoms with van der Waals surface area (Å²) in [5, 5.41) is 4.17. The van der Waals surface area contributed by atoms with E-state index in [2.05, 4.69) is 36.5 Å². The highest BCUT2D eigenvalue weighted by atomic mass is 35.5. The lowest BCUT2D eigenvalue weighted by molar-refractivity contribution is 0.408. The number of halogens is 1. The van der Waals surface area contributed by atoms with Gasteiger partial charge in [-0.1, -0.05) is 41.9 Å². The Hall–Kier alpha value is -1.51. The average Bonchev–Trinajstić information content (AvgIpc) is 2.46. The number of benzene rings is 2. The van der Waals surface area contributed by atoms with Crippen molar-refractivity contribution in [3.05, 3.63) is 64.2 Å². The van der Waals surface area contributed by atoms with Crippen molar-refractivity contribution >= 4 is 11.6 Å². The fraction of sp³-hybridized carbons (Fsp3) is 0.294. The second kappa shape index (κ2) is 7.32. The van der Waals surface area contributed by atoms with Crippen molar-refractivity contribution in [2.45, 2.75) is 19.9 Å². The number of hydrogen-bond donors (Lipinski definition) is 1. The molecule has 0 aromatic heterocycles. The van der Waals surface area contributed by atoms with E-state index in [-0.39, 0.29) is 0 Å². The van der Waals surface area contributed by atoms with Crippen LogP contribution < -0.4 is 10.1 Å². The lowest BCUT2D eigenvalue weighted by Crippen LogP contribution is -2.17. The monoisotopic (exact) mass is 289 g/mol. The molecule has 0 aliphatic rings. The molecule has 0 aliphatic heterocycles. The van der Waals surface area contributed by atoms with Crippen molar-refractivity contribution in [1.82, 2.24) is 5.32 Å². The summed E-state index contributed by atoms with van der Waals surface area (Å²) < 4.78 is 5.34. The molecule has 20 heavy (non-hydrogen) atoms. The van der Waals surface area contributed by atoms with Crippen LogP contribution in [0.2, 0.25) is 5.02 Å². The third-order valence-electron chi connectivity index (χ3n) is 3.43. The molecule has 1 N–H and O–H groups in total. The standard InChI is InChI=1S/C17H20ClNO/c1-13-6-3-4-7-14(13)10-11-19-12-15-16(18)8-5-9-17(15)20-2/h3-9,19H,10-12H2,1-2H3. The predicted octanol–water partition coefficient (Wildman–Crippen LogP) is 3.99. The molecule has 2 nitrogen and oxygen atoms in total. The van der Waals surface area contributed by atoms with Crippen LogP contribution >= 0.6 is 11.6 Å². The van der Waals surface area contributed by atoms with Crippen molar-refractivity contribution in [3.63, 3.8) is 0 Å². The third kappa shape index (κ3) is 3.75. The predicted molar refractivity (Wildman–Crippen MR) is 84.6 cm³/mol. The molecule has 0 fully saturated rings. The molecular formula is C17H20ClNO. The summed E-state index contributed by atoms with van der Waals surface area (Å²) >= 11 is 6.21. The molecular weight excluding hydrogens is 270 g/mol. The highest BCUT2D eigenvalue weighted by molar-refractivity contribution is 6.31. The van der Waals surface area contributed by atoms with Gasteiger partial charge in [0, 0.05) is 17.1 Å². The minimum absolute atomic E-state index is 0.717. The quantitative estimate of drug-likeness (QED) is 0.812. The maximum Gasteiger partial charge on any atom is 0.124 e. The molecule has 0 unspecified atom stereocenters. The summed E-state index contributed by atoms with van der Waals surface area (Å²) in [7, 11) is 1.67. The van der Waals surface area contributed by atoms with Gasteiger partial charge in [0.25, 0.3) is 0 Å². The Labute approximate surface area is 125 Å². The van der Waals surface area contributed by atoms with Gasteiger partial charge >= 0.3 is 0 Å². The zero-order valence-corrected chi connectivity index (χ0v) is 12.7. The second-order valence-corrected chi connectivity index (χ2v) is 5.18. The van der Waals surface area contributed by atoms with Crippen molar-refractivity contribution < 1.29 is 4.74 Å². The summed E-state index contributed by atoms with van der Waals surface area (Å²) in [6.45, 7) is 3.78. The minimum Gasteiger partial charge on any atom is -0.496 e. The fourth-order valence-corrected chi connectivity index (χ4v) is 2.46. The molecule has 2 aromatic carbocycles. The smallest absolute Gasteiger partial charge is 0.124 e. The maximum absolute atomic E-state index is 6.21. The van der Waals surface area contributed by atoms with Gasteiger partial charge in [-0.25, -0.2) is 0 Å². The molecule has 0 saturated carbocycles. The van der Waals surface area contributed by atoms with E-state index in [0.29, 0.717) is 6.54 Å². The second-order valence-electron chi connectivity index (χ2n) is 4.77. The molecule has 0 radical (unpaired) electrons. The summed E-state index contributed by atoms with van der Waals surface area (Å²) in [5.74, 6) is 0.834. The molecule has 0 saturated heterocycles. The Bertz CT molecular complexity index is 569. The van der Waals surface area contributed by atoms with Crippen molar-refractivity contribution in [2.75, 3.05) is 13.7 Å². The normalized spacial score (nSPS) is 10.6. The number of rotatable bonds is 6. The van der Waals surface area contributed by atoms with E-state index in [1.807, 2.05) is 18.2 Å². The zero-order valence-electron chi connectivity index (χ0n) is 11.9. The highest BCUT2D eigenvalue weighted by Gasteiger charge is 2.06. The van der Waals surface area contributed by atoms with Crippen LogP contribution in [0.4, 0.5) is 0 Å². The Kier molecular flexibility index (Phi) is 5.45. The van der Waals surface area contributed by atoms with Gasteiger partial charge in [-0.15, -0.1) is 0 Å². The zero-order chi connectivity index (χ0) is 14.4. The Morgan fingerprint density at radius 1 is 1.10 bits per heavy atom. The van der Waals surface area contributed by atoms with Gasteiger partial charge in [-0.2, -0.15) is 0 Å². The Morgan fingerprint density at radius 2 is 1.90 bits per heavy atom. The summed E-state index contributed by atoms with van der Waals surface area (Å²) in [4.78, 5) is 0. The van der Waals surface area contributed by atoms with E-state index in [9.17, 15) is 0 Å². The van der Waals surface area contributed by atoms with E-state index >= 15 is 0 Å². The number of nitrogens with one attached hydrogen (secondary N) is 1. The summed E-state index contributed by atoms with van der Waals surface area (Å²) in [6, 6.07) is 14.2. The molecule has 3 heteroatoms. The number of aryl methyl sites for hydroxylation is 1. The molecule has 2 aromatic rings. The molecule has 0 spiro atoms. The number of hydrogen-bond acceptors (Lipinski definition) is 2. The van der Waals surface area contributed by atoms with E-state index in [1.165, 1.54) is 11.1 Å². The molecule has 0 atom stereocenters. The van der Waals surface area contributed by atoms with Crippen LogP contribution in [-0.2, 0) is 13.0 Å². The van der Waals surface area contributed by atoms with Crippen molar-refractivity contribution in [2.24, 2.45) is 0 Å². The summed E-state index contributed by atoms with van der Waals surface area (Å²) in [5.41, 5.74) is 3.73. The largest absolute Gasteiger partial charge is 0.496 e. The molecule has 2 rings (SSSR count). The van der Waals surface area contributed by atoms with Crippen LogP contribution in [-0.4, -0.2) is 13.7 Å². The third-order valence-corrected chi connectivity index (χ3v) is 3.78. The van der Waals surface area contributed by atoms with Crippen LogP contribution in [0.25, 0.3) is 0 Å². The lowest BCUT2D eigenvalue weighted by atomic mass is 10.1. The SMILES string of the molecule is COc1cccc(Cl)c1CNCCc1ccccc1C. The van der Waals surface area contributed by atoms with E-state index < -0.39 is 0 Å². The van der Waals surface area contributed by atoms with Crippen LogP contribution in [0, 0.1) is 6.92 Å². The molecule has 0 aliphatic carbocycles. The van der Waals surface area contributed by atoms with Gasteiger partial charge in [0.15, 0.2) is 0 Å². The molecule has 106 valence electrons. The Morgan fingerprint density at radius 3 is 2.65 bits per heavy atom. The Balaban J connectivity index is 1.89. The maximum atomic E-state index is 6.21. The van der Waals surface area contributed by atoms with Gasteiger partial charge in [0.05, 0.1) is 7.11 Å². The van der Waals surface area contributed by atoms with Gasteiger partial charge in [-0.05, 0) is 43.1 Å². The van der Waals surface area contributed by atoms with Crippen molar-refractivity contribution in [1.29, 1.82) is 0 Å². The van der Waals surface area contributed by atoms with Gasteiger partial charge in [-0.3, -0.25) is 0 Å². The molecule has 0 amide bonds. The highest BCUT2D eigenvalue weighted by Crippen LogP contribution is 2.25. The molecule has 0 bridgehead atoms. The first-order valence-electron chi connectivity index (χ1n) is 6.79. The first-order valence-corrected chi connectivity index (χ1v) is 7.16. The van der Waals surface area contributed by atoms with E-state index in [4.69, 9.17) is 16.3 Å². The first kappa shape index (κ1) is 14.9. The van der Waals surface area contributed by atoms with Gasteiger partial charge in [0.1, 0.15) is 5.75 Å².